The van der Waals surface area contributed by atoms with Crippen molar-refractivity contribution in [2.75, 3.05) is 12.0 Å². The van der Waals surface area contributed by atoms with Crippen molar-refractivity contribution in [2.24, 2.45) is 0 Å². The first-order chi connectivity index (χ1) is 19.6. The fourth-order valence-electron chi connectivity index (χ4n) is 4.58. The summed E-state index contributed by atoms with van der Waals surface area (Å²) in [7, 11) is 1.40. The number of amides is 1. The number of ether oxygens (including phenoxy) is 1. The first-order valence-corrected chi connectivity index (χ1v) is 15.2. The molecule has 1 aliphatic heterocycles. The van der Waals surface area contributed by atoms with E-state index in [1.165, 1.54) is 46.7 Å². The van der Waals surface area contributed by atoms with E-state index in [1.54, 1.807) is 12.1 Å². The van der Waals surface area contributed by atoms with E-state index in [2.05, 4.69) is 26.1 Å². The molecule has 4 aromatic rings. The average molecular weight is 653 g/mol. The van der Waals surface area contributed by atoms with E-state index in [1.807, 2.05) is 57.2 Å². The van der Waals surface area contributed by atoms with Crippen LogP contribution in [0.4, 0.5) is 5.13 Å². The monoisotopic (exact) mass is 651 g/mol. The molecule has 2 N–H and O–H groups in total. The second kappa shape index (κ2) is 11.7. The normalized spacial score (nSPS) is 16.4. The molecule has 0 spiro atoms. The van der Waals surface area contributed by atoms with Crippen LogP contribution in [0.1, 0.15) is 39.4 Å². The summed E-state index contributed by atoms with van der Waals surface area (Å²) in [6.45, 7) is 5.73. The maximum atomic E-state index is 13.6. The van der Waals surface area contributed by atoms with Crippen molar-refractivity contribution in [1.82, 2.24) is 10.2 Å². The van der Waals surface area contributed by atoms with Crippen LogP contribution in [0.5, 0.6) is 11.5 Å². The highest BCUT2D eigenvalue weighted by atomic mass is 79.9. The van der Waals surface area contributed by atoms with Crippen molar-refractivity contribution in [2.45, 2.75) is 36.9 Å². The van der Waals surface area contributed by atoms with Gasteiger partial charge in [0.25, 0.3) is 5.78 Å². The van der Waals surface area contributed by atoms with Gasteiger partial charge in [0.15, 0.2) is 15.8 Å². The molecular weight excluding hydrogens is 626 g/mol. The molecule has 0 radical (unpaired) electrons. The lowest BCUT2D eigenvalue weighted by Gasteiger charge is -2.23. The molecule has 5 rings (SSSR count). The summed E-state index contributed by atoms with van der Waals surface area (Å²) in [5, 5.41) is 30.7. The number of aliphatic hydroxyl groups excluding tert-OH is 1. The van der Waals surface area contributed by atoms with Crippen LogP contribution in [-0.4, -0.2) is 39.2 Å². The fourth-order valence-corrected chi connectivity index (χ4v) is 6.86. The molecule has 0 aliphatic carbocycles. The zero-order chi connectivity index (χ0) is 29.4. The smallest absolute Gasteiger partial charge is 0.301 e. The number of methoxy groups -OCH3 is 1. The van der Waals surface area contributed by atoms with Gasteiger partial charge in [-0.05, 0) is 71.6 Å². The zero-order valence-corrected chi connectivity index (χ0v) is 25.9. The van der Waals surface area contributed by atoms with Crippen LogP contribution in [0, 0.1) is 20.8 Å². The molecule has 11 heteroatoms. The summed E-state index contributed by atoms with van der Waals surface area (Å²) in [4.78, 5) is 28.4. The minimum Gasteiger partial charge on any atom is -0.507 e. The maximum absolute atomic E-state index is 13.6. The number of aryl methyl sites for hydroxylation is 3. The van der Waals surface area contributed by atoms with Crippen molar-refractivity contribution >= 4 is 61.6 Å². The number of anilines is 1. The lowest BCUT2D eigenvalue weighted by atomic mass is 9.93. The number of carbonyl (C=O) groups is 2. The molecule has 1 atom stereocenters. The van der Waals surface area contributed by atoms with Gasteiger partial charge in [-0.1, -0.05) is 70.6 Å². The van der Waals surface area contributed by atoms with Crippen LogP contribution < -0.4 is 9.64 Å². The van der Waals surface area contributed by atoms with E-state index in [-0.39, 0.29) is 28.0 Å². The molecule has 3 aromatic carbocycles. The van der Waals surface area contributed by atoms with Crippen molar-refractivity contribution < 1.29 is 24.5 Å². The Kier molecular flexibility index (Phi) is 8.21. The van der Waals surface area contributed by atoms with Gasteiger partial charge in [-0.25, -0.2) is 0 Å². The summed E-state index contributed by atoms with van der Waals surface area (Å²) in [5.74, 6) is -1.31. The van der Waals surface area contributed by atoms with Crippen LogP contribution in [0.3, 0.4) is 0 Å². The number of ketones is 1. The van der Waals surface area contributed by atoms with Crippen molar-refractivity contribution in [3.8, 4) is 11.5 Å². The minimum atomic E-state index is -1.05. The topological polar surface area (TPSA) is 113 Å². The largest absolute Gasteiger partial charge is 0.507 e. The first-order valence-electron chi connectivity index (χ1n) is 12.6. The van der Waals surface area contributed by atoms with Crippen LogP contribution in [-0.2, 0) is 15.3 Å². The zero-order valence-electron chi connectivity index (χ0n) is 22.6. The number of benzene rings is 3. The molecule has 1 unspecified atom stereocenters. The Hall–Kier alpha value is -3.67. The van der Waals surface area contributed by atoms with E-state index in [4.69, 9.17) is 4.74 Å². The lowest BCUT2D eigenvalue weighted by molar-refractivity contribution is -0.132. The van der Waals surface area contributed by atoms with E-state index < -0.39 is 17.7 Å². The maximum Gasteiger partial charge on any atom is 0.301 e. The van der Waals surface area contributed by atoms with Crippen molar-refractivity contribution in [3.05, 3.63) is 98.0 Å². The quantitative estimate of drug-likeness (QED) is 0.0733. The Morgan fingerprint density at radius 3 is 2.46 bits per heavy atom. The van der Waals surface area contributed by atoms with Crippen molar-refractivity contribution in [3.63, 3.8) is 0 Å². The molecule has 210 valence electrons. The van der Waals surface area contributed by atoms with Gasteiger partial charge in [0.2, 0.25) is 5.13 Å². The molecule has 41 heavy (non-hydrogen) atoms. The third kappa shape index (κ3) is 5.61. The number of phenolic OH excluding ortho intramolecular Hbond substituents is 1. The van der Waals surface area contributed by atoms with Crippen LogP contribution in [0.25, 0.3) is 5.76 Å². The lowest BCUT2D eigenvalue weighted by Crippen LogP contribution is -2.29. The summed E-state index contributed by atoms with van der Waals surface area (Å²) >= 11 is 6.00. The van der Waals surface area contributed by atoms with E-state index in [0.29, 0.717) is 25.7 Å². The average Bonchev–Trinajstić information content (AvgIpc) is 3.52. The predicted octanol–water partition coefficient (Wildman–Crippen LogP) is 6.86. The number of aromatic nitrogens is 2. The number of thioether (sulfide) groups is 1. The van der Waals surface area contributed by atoms with Crippen LogP contribution >= 0.6 is 39.0 Å². The first kappa shape index (κ1) is 28.8. The number of phenols is 1. The minimum absolute atomic E-state index is 0.0904. The highest BCUT2D eigenvalue weighted by molar-refractivity contribution is 9.10. The van der Waals surface area contributed by atoms with Crippen LogP contribution in [0.15, 0.2) is 69.0 Å². The third-order valence-corrected chi connectivity index (χ3v) is 9.50. The van der Waals surface area contributed by atoms with Gasteiger partial charge in [0.05, 0.1) is 23.2 Å². The number of aromatic hydroxyl groups is 1. The molecule has 1 fully saturated rings. The van der Waals surface area contributed by atoms with E-state index in [9.17, 15) is 19.8 Å². The molecule has 8 nitrogen and oxygen atoms in total. The Morgan fingerprint density at radius 2 is 1.76 bits per heavy atom. The highest BCUT2D eigenvalue weighted by Crippen LogP contribution is 2.47. The second-order valence-electron chi connectivity index (χ2n) is 9.67. The predicted molar refractivity (Wildman–Crippen MR) is 164 cm³/mol. The number of hydrogen-bond acceptors (Lipinski definition) is 9. The van der Waals surface area contributed by atoms with Gasteiger partial charge in [-0.2, -0.15) is 0 Å². The van der Waals surface area contributed by atoms with Gasteiger partial charge in [0.1, 0.15) is 5.76 Å². The SMILES string of the molecule is COc1cc(C2C(=C(O)c3cc(C)ccc3C)C(=O)C(=O)N2c2nnc(SCc3ccc(C)cc3)s2)cc(Br)c1O. The molecular formula is C30H26BrN3O5S2. The number of rotatable bonds is 7. The number of carbonyl (C=O) groups excluding carboxylic acids is 2. The molecule has 0 bridgehead atoms. The van der Waals surface area contributed by atoms with Gasteiger partial charge in [-0.15, -0.1) is 10.2 Å². The Bertz CT molecular complexity index is 1700. The number of Topliss-reactive ketones (excluding diaryl/α,β-unsaturated/α-hetero) is 1. The summed E-state index contributed by atoms with van der Waals surface area (Å²) in [5.41, 5.74) is 4.71. The number of hydrogen-bond donors (Lipinski definition) is 2. The van der Waals surface area contributed by atoms with Gasteiger partial charge in [-0.3, -0.25) is 14.5 Å². The Labute approximate surface area is 253 Å². The summed E-state index contributed by atoms with van der Waals surface area (Å²) < 4.78 is 6.27. The number of aliphatic hydroxyl groups is 1. The summed E-state index contributed by atoms with van der Waals surface area (Å²) in [6.07, 6.45) is 0. The summed E-state index contributed by atoms with van der Waals surface area (Å²) in [6, 6.07) is 15.8. The molecule has 1 aliphatic rings. The Balaban J connectivity index is 1.62. The number of nitrogens with zero attached hydrogens (tertiary/aromatic N) is 3. The molecule has 1 saturated heterocycles. The van der Waals surface area contributed by atoms with Gasteiger partial charge < -0.3 is 14.9 Å². The van der Waals surface area contributed by atoms with E-state index >= 15 is 0 Å². The highest BCUT2D eigenvalue weighted by Gasteiger charge is 2.49. The Morgan fingerprint density at radius 1 is 1.05 bits per heavy atom. The van der Waals surface area contributed by atoms with Crippen molar-refractivity contribution in [1.29, 1.82) is 0 Å². The molecule has 1 aromatic heterocycles. The second-order valence-corrected chi connectivity index (χ2v) is 12.7. The van der Waals surface area contributed by atoms with Crippen LogP contribution in [0.2, 0.25) is 0 Å². The standard InChI is InChI=1S/C30H26BrN3O5S2/c1-15-6-9-18(10-7-15)14-40-30-33-32-29(41-30)34-24(19-12-21(31)26(36)22(13-19)39-4)23(27(37)28(34)38)25(35)20-11-16(2)5-8-17(20)3/h5-13,24,35-36H,14H2,1-4H3. The third-order valence-electron chi connectivity index (χ3n) is 6.76. The molecule has 2 heterocycles. The van der Waals surface area contributed by atoms with Gasteiger partial charge >= 0.3 is 5.91 Å². The molecule has 1 amide bonds. The fraction of sp³-hybridized carbons (Fsp3) is 0.200. The van der Waals surface area contributed by atoms with Gasteiger partial charge in [0, 0.05) is 11.3 Å². The number of halogens is 1. The molecule has 0 saturated carbocycles. The van der Waals surface area contributed by atoms with E-state index in [0.717, 1.165) is 16.7 Å².